The molecule has 3 N–H and O–H groups in total. The molecular weight excluding hydrogens is 222 g/mol. The first-order chi connectivity index (χ1) is 8.19. The summed E-state index contributed by atoms with van der Waals surface area (Å²) in [5.41, 5.74) is 0.752. The lowest BCUT2D eigenvalue weighted by Gasteiger charge is -2.19. The average Bonchev–Trinajstić information content (AvgIpc) is 2.30. The third-order valence-electron chi connectivity index (χ3n) is 2.36. The summed E-state index contributed by atoms with van der Waals surface area (Å²) in [5.74, 6) is -0.978. The summed E-state index contributed by atoms with van der Waals surface area (Å²) in [6.45, 7) is 0.435. The van der Waals surface area contributed by atoms with Crippen molar-refractivity contribution >= 4 is 11.7 Å². The molecule has 0 aromatic heterocycles. The topological polar surface area (TPSA) is 78.8 Å². The first-order valence-electron chi connectivity index (χ1n) is 5.37. The van der Waals surface area contributed by atoms with E-state index in [2.05, 4.69) is 5.32 Å². The van der Waals surface area contributed by atoms with Crippen molar-refractivity contribution in [2.45, 2.75) is 12.5 Å². The van der Waals surface area contributed by atoms with Gasteiger partial charge in [-0.2, -0.15) is 0 Å². The second-order valence-corrected chi connectivity index (χ2v) is 3.66. The number of aromatic carboxylic acids is 1. The number of aliphatic hydroxyl groups is 1. The predicted molar refractivity (Wildman–Crippen MR) is 64.4 cm³/mol. The number of benzene rings is 1. The molecule has 0 spiro atoms. The van der Waals surface area contributed by atoms with Crippen LogP contribution in [0.1, 0.15) is 16.8 Å². The Labute approximate surface area is 100 Å². The fourth-order valence-corrected chi connectivity index (χ4v) is 1.57. The summed E-state index contributed by atoms with van der Waals surface area (Å²) in [5, 5.41) is 21.0. The number of ether oxygens (including phenoxy) is 1. The van der Waals surface area contributed by atoms with E-state index in [0.29, 0.717) is 18.7 Å². The van der Waals surface area contributed by atoms with E-state index in [9.17, 15) is 4.79 Å². The minimum atomic E-state index is -0.978. The standard InChI is InChI=1S/C12H17NO4/c1-17-8-9(6-7-14)13-11-5-3-2-4-10(11)12(15)16/h2-5,9,13-14H,6-8H2,1H3,(H,15,16). The molecule has 0 saturated carbocycles. The Balaban J connectivity index is 2.80. The van der Waals surface area contributed by atoms with Crippen LogP contribution < -0.4 is 5.32 Å². The highest BCUT2D eigenvalue weighted by atomic mass is 16.5. The number of carboxylic acid groups (broad SMARTS) is 1. The van der Waals surface area contributed by atoms with Crippen molar-refractivity contribution in [2.24, 2.45) is 0 Å². The van der Waals surface area contributed by atoms with Crippen molar-refractivity contribution < 1.29 is 19.7 Å². The van der Waals surface area contributed by atoms with Gasteiger partial charge in [-0.1, -0.05) is 12.1 Å². The Morgan fingerprint density at radius 3 is 2.76 bits per heavy atom. The first kappa shape index (κ1) is 13.5. The zero-order valence-corrected chi connectivity index (χ0v) is 9.72. The second kappa shape index (κ2) is 6.88. The Morgan fingerprint density at radius 2 is 2.18 bits per heavy atom. The lowest BCUT2D eigenvalue weighted by atomic mass is 10.1. The van der Waals surface area contributed by atoms with Crippen molar-refractivity contribution in [3.63, 3.8) is 0 Å². The molecule has 0 amide bonds. The molecule has 17 heavy (non-hydrogen) atoms. The highest BCUT2D eigenvalue weighted by Gasteiger charge is 2.13. The van der Waals surface area contributed by atoms with Crippen LogP contribution in [-0.2, 0) is 4.74 Å². The van der Waals surface area contributed by atoms with Crippen molar-refractivity contribution in [1.82, 2.24) is 0 Å². The SMILES string of the molecule is COCC(CCO)Nc1ccccc1C(=O)O. The Bertz CT molecular complexity index is 361. The van der Waals surface area contributed by atoms with Gasteiger partial charge in [0.05, 0.1) is 18.2 Å². The summed E-state index contributed by atoms with van der Waals surface area (Å²) in [6.07, 6.45) is 0.502. The molecule has 0 aliphatic carbocycles. The summed E-state index contributed by atoms with van der Waals surface area (Å²) < 4.78 is 5.01. The summed E-state index contributed by atoms with van der Waals surface area (Å²) in [6, 6.07) is 6.56. The van der Waals surface area contributed by atoms with Gasteiger partial charge in [-0.05, 0) is 18.6 Å². The minimum Gasteiger partial charge on any atom is -0.478 e. The molecule has 1 aromatic carbocycles. The van der Waals surface area contributed by atoms with E-state index in [0.717, 1.165) is 0 Å². The zero-order chi connectivity index (χ0) is 12.7. The molecule has 0 aliphatic rings. The molecule has 94 valence electrons. The normalized spacial score (nSPS) is 12.1. The number of methoxy groups -OCH3 is 1. The molecule has 0 saturated heterocycles. The maximum atomic E-state index is 11.0. The van der Waals surface area contributed by atoms with E-state index in [1.807, 2.05) is 0 Å². The Kier molecular flexibility index (Phi) is 5.45. The molecule has 1 rings (SSSR count). The van der Waals surface area contributed by atoms with Crippen LogP contribution in [0.2, 0.25) is 0 Å². The molecule has 1 aromatic rings. The third-order valence-corrected chi connectivity index (χ3v) is 2.36. The van der Waals surface area contributed by atoms with E-state index >= 15 is 0 Å². The van der Waals surface area contributed by atoms with Crippen LogP contribution in [0.4, 0.5) is 5.69 Å². The molecule has 1 unspecified atom stereocenters. The smallest absolute Gasteiger partial charge is 0.337 e. The number of hydrogen-bond donors (Lipinski definition) is 3. The maximum Gasteiger partial charge on any atom is 0.337 e. The van der Waals surface area contributed by atoms with Gasteiger partial charge in [0.15, 0.2) is 0 Å². The van der Waals surface area contributed by atoms with E-state index < -0.39 is 5.97 Å². The number of aliphatic hydroxyl groups excluding tert-OH is 1. The average molecular weight is 239 g/mol. The lowest BCUT2D eigenvalue weighted by Crippen LogP contribution is -2.27. The van der Waals surface area contributed by atoms with Gasteiger partial charge in [0.25, 0.3) is 0 Å². The van der Waals surface area contributed by atoms with Gasteiger partial charge in [-0.15, -0.1) is 0 Å². The van der Waals surface area contributed by atoms with E-state index in [4.69, 9.17) is 14.9 Å². The van der Waals surface area contributed by atoms with Crippen LogP contribution in [0.3, 0.4) is 0 Å². The zero-order valence-electron chi connectivity index (χ0n) is 9.72. The van der Waals surface area contributed by atoms with Gasteiger partial charge in [0.2, 0.25) is 0 Å². The molecule has 5 nitrogen and oxygen atoms in total. The van der Waals surface area contributed by atoms with E-state index in [-0.39, 0.29) is 18.2 Å². The van der Waals surface area contributed by atoms with Crippen LogP contribution in [0.15, 0.2) is 24.3 Å². The summed E-state index contributed by atoms with van der Waals surface area (Å²) in [4.78, 5) is 11.0. The molecule has 0 radical (unpaired) electrons. The molecule has 0 bridgehead atoms. The Morgan fingerprint density at radius 1 is 1.47 bits per heavy atom. The quantitative estimate of drug-likeness (QED) is 0.666. The van der Waals surface area contributed by atoms with Crippen LogP contribution in [0.5, 0.6) is 0 Å². The van der Waals surface area contributed by atoms with Crippen molar-refractivity contribution in [1.29, 1.82) is 0 Å². The highest BCUT2D eigenvalue weighted by Crippen LogP contribution is 2.16. The van der Waals surface area contributed by atoms with Gasteiger partial charge in [-0.3, -0.25) is 0 Å². The van der Waals surface area contributed by atoms with Gasteiger partial charge in [0, 0.05) is 19.4 Å². The molecule has 5 heteroatoms. The van der Waals surface area contributed by atoms with Gasteiger partial charge < -0.3 is 20.3 Å². The molecule has 0 heterocycles. The van der Waals surface area contributed by atoms with Crippen molar-refractivity contribution in [3.05, 3.63) is 29.8 Å². The lowest BCUT2D eigenvalue weighted by molar-refractivity contribution is 0.0697. The van der Waals surface area contributed by atoms with Crippen molar-refractivity contribution in [3.8, 4) is 0 Å². The van der Waals surface area contributed by atoms with Gasteiger partial charge >= 0.3 is 5.97 Å². The summed E-state index contributed by atoms with van der Waals surface area (Å²) >= 11 is 0. The number of carboxylic acids is 1. The van der Waals surface area contributed by atoms with Gasteiger partial charge in [0.1, 0.15) is 0 Å². The second-order valence-electron chi connectivity index (χ2n) is 3.66. The van der Waals surface area contributed by atoms with Crippen molar-refractivity contribution in [2.75, 3.05) is 25.6 Å². The predicted octanol–water partition coefficient (Wildman–Crippen LogP) is 1.19. The summed E-state index contributed by atoms with van der Waals surface area (Å²) in [7, 11) is 1.56. The van der Waals surface area contributed by atoms with E-state index in [1.54, 1.807) is 25.3 Å². The number of anilines is 1. The molecule has 0 fully saturated rings. The molecular formula is C12H17NO4. The monoisotopic (exact) mass is 239 g/mol. The molecule has 0 aliphatic heterocycles. The largest absolute Gasteiger partial charge is 0.478 e. The number of carbonyl (C=O) groups is 1. The van der Waals surface area contributed by atoms with Crippen LogP contribution >= 0.6 is 0 Å². The third kappa shape index (κ3) is 4.05. The van der Waals surface area contributed by atoms with Gasteiger partial charge in [-0.25, -0.2) is 4.79 Å². The number of hydrogen-bond acceptors (Lipinski definition) is 4. The number of para-hydroxylation sites is 1. The minimum absolute atomic E-state index is 0.0241. The van der Waals surface area contributed by atoms with E-state index in [1.165, 1.54) is 6.07 Å². The van der Waals surface area contributed by atoms with Crippen LogP contribution in [0.25, 0.3) is 0 Å². The molecule has 1 atom stereocenters. The number of rotatable bonds is 7. The fourth-order valence-electron chi connectivity index (χ4n) is 1.57. The maximum absolute atomic E-state index is 11.0. The fraction of sp³-hybridized carbons (Fsp3) is 0.417. The number of nitrogens with one attached hydrogen (secondary N) is 1. The van der Waals surface area contributed by atoms with Crippen LogP contribution in [0, 0.1) is 0 Å². The first-order valence-corrected chi connectivity index (χ1v) is 5.37. The Hall–Kier alpha value is -1.59. The van der Waals surface area contributed by atoms with Crippen LogP contribution in [-0.4, -0.2) is 42.5 Å². The highest BCUT2D eigenvalue weighted by molar-refractivity contribution is 5.94.